The van der Waals surface area contributed by atoms with Gasteiger partial charge >= 0.3 is 6.03 Å². The van der Waals surface area contributed by atoms with Crippen molar-refractivity contribution in [1.82, 2.24) is 10.3 Å². The van der Waals surface area contributed by atoms with E-state index in [2.05, 4.69) is 15.6 Å². The van der Waals surface area contributed by atoms with Crippen LogP contribution < -0.4 is 10.6 Å². The Kier molecular flexibility index (Phi) is 5.98. The van der Waals surface area contributed by atoms with Gasteiger partial charge in [-0.3, -0.25) is 5.32 Å². The third kappa shape index (κ3) is 5.84. The molecule has 0 fully saturated rings. The van der Waals surface area contributed by atoms with Gasteiger partial charge in [-0.05, 0) is 19.1 Å². The number of carbonyl (C=O) groups excluding carboxylic acids is 1. The number of pyridine rings is 1. The van der Waals surface area contributed by atoms with Crippen molar-refractivity contribution in [3.8, 4) is 0 Å². The molecule has 17 heavy (non-hydrogen) atoms. The molecule has 0 aliphatic carbocycles. The molecule has 2 N–H and O–H groups in total. The van der Waals surface area contributed by atoms with E-state index in [0.717, 1.165) is 5.69 Å². The largest absolute Gasteiger partial charge is 0.382 e. The molecule has 0 aliphatic rings. The summed E-state index contributed by atoms with van der Waals surface area (Å²) in [6.45, 7) is 2.94. The summed E-state index contributed by atoms with van der Waals surface area (Å²) in [5.41, 5.74) is 0.846. The average molecular weight is 239 g/mol. The van der Waals surface area contributed by atoms with Crippen molar-refractivity contribution in [3.63, 3.8) is 0 Å². The predicted molar refractivity (Wildman–Crippen MR) is 63.8 cm³/mol. The summed E-state index contributed by atoms with van der Waals surface area (Å²) in [7, 11) is 1.59. The number of aryl methyl sites for hydroxylation is 1. The third-order valence-corrected chi connectivity index (χ3v) is 1.90. The Morgan fingerprint density at radius 1 is 1.41 bits per heavy atom. The second-order valence-corrected chi connectivity index (χ2v) is 3.34. The molecule has 6 heteroatoms. The number of urea groups is 1. The highest BCUT2D eigenvalue weighted by Crippen LogP contribution is 2.02. The molecular formula is C11H17N3O3. The van der Waals surface area contributed by atoms with Gasteiger partial charge in [0, 0.05) is 12.8 Å². The normalized spacial score (nSPS) is 10.0. The number of rotatable bonds is 6. The number of ether oxygens (including phenoxy) is 2. The molecule has 0 saturated carbocycles. The number of anilines is 1. The first-order valence-corrected chi connectivity index (χ1v) is 5.27. The lowest BCUT2D eigenvalue weighted by molar-refractivity contribution is 0.0650. The third-order valence-electron chi connectivity index (χ3n) is 1.90. The number of amides is 2. The fourth-order valence-corrected chi connectivity index (χ4v) is 1.10. The smallest absolute Gasteiger partial charge is 0.322 e. The van der Waals surface area contributed by atoms with Gasteiger partial charge in [-0.25, -0.2) is 9.78 Å². The van der Waals surface area contributed by atoms with E-state index < -0.39 is 0 Å². The fraction of sp³-hybridized carbons (Fsp3) is 0.455. The van der Waals surface area contributed by atoms with Crippen molar-refractivity contribution < 1.29 is 14.3 Å². The van der Waals surface area contributed by atoms with E-state index in [1.807, 2.05) is 19.1 Å². The number of nitrogens with zero attached hydrogens (tertiary/aromatic N) is 1. The van der Waals surface area contributed by atoms with Crippen molar-refractivity contribution in [3.05, 3.63) is 23.9 Å². The van der Waals surface area contributed by atoms with Crippen LogP contribution in [0, 0.1) is 6.92 Å². The topological polar surface area (TPSA) is 72.5 Å². The average Bonchev–Trinajstić information content (AvgIpc) is 2.29. The van der Waals surface area contributed by atoms with E-state index in [0.29, 0.717) is 19.0 Å². The maximum absolute atomic E-state index is 11.4. The van der Waals surface area contributed by atoms with Crippen molar-refractivity contribution in [2.45, 2.75) is 6.92 Å². The van der Waals surface area contributed by atoms with Crippen molar-refractivity contribution >= 4 is 11.8 Å². The van der Waals surface area contributed by atoms with Gasteiger partial charge in [0.25, 0.3) is 0 Å². The van der Waals surface area contributed by atoms with Crippen LogP contribution in [0.25, 0.3) is 0 Å². The number of hydrogen-bond acceptors (Lipinski definition) is 4. The Labute approximate surface area is 100 Å². The van der Waals surface area contributed by atoms with E-state index in [1.54, 1.807) is 13.2 Å². The monoisotopic (exact) mass is 239 g/mol. The van der Waals surface area contributed by atoms with Crippen LogP contribution in [0.5, 0.6) is 0 Å². The minimum Gasteiger partial charge on any atom is -0.382 e. The van der Waals surface area contributed by atoms with Crippen LogP contribution in [0.15, 0.2) is 18.2 Å². The van der Waals surface area contributed by atoms with Crippen LogP contribution in [0.3, 0.4) is 0 Å². The van der Waals surface area contributed by atoms with E-state index in [1.165, 1.54) is 0 Å². The molecule has 1 heterocycles. The van der Waals surface area contributed by atoms with Crippen LogP contribution in [-0.4, -0.2) is 38.1 Å². The molecule has 0 unspecified atom stereocenters. The zero-order valence-electron chi connectivity index (χ0n) is 10.0. The standard InChI is InChI=1S/C11H17N3O3/c1-9-4-3-5-10(13-9)14-11(15)12-8-17-7-6-16-2/h3-5H,6-8H2,1-2H3,(H2,12,13,14,15). The number of aromatic nitrogens is 1. The van der Waals surface area contributed by atoms with E-state index in [-0.39, 0.29) is 12.8 Å². The summed E-state index contributed by atoms with van der Waals surface area (Å²) in [4.78, 5) is 15.5. The first-order valence-electron chi connectivity index (χ1n) is 5.27. The summed E-state index contributed by atoms with van der Waals surface area (Å²) in [6, 6.07) is 5.06. The van der Waals surface area contributed by atoms with Crippen LogP contribution >= 0.6 is 0 Å². The Bertz CT molecular complexity index is 358. The second-order valence-electron chi connectivity index (χ2n) is 3.34. The number of nitrogens with one attached hydrogen (secondary N) is 2. The lowest BCUT2D eigenvalue weighted by atomic mass is 10.4. The zero-order chi connectivity index (χ0) is 12.5. The lowest BCUT2D eigenvalue weighted by Crippen LogP contribution is -2.31. The fourth-order valence-electron chi connectivity index (χ4n) is 1.10. The van der Waals surface area contributed by atoms with Gasteiger partial charge in [0.2, 0.25) is 0 Å². The molecule has 0 atom stereocenters. The molecule has 6 nitrogen and oxygen atoms in total. The van der Waals surface area contributed by atoms with Gasteiger partial charge in [0.15, 0.2) is 0 Å². The van der Waals surface area contributed by atoms with E-state index in [4.69, 9.17) is 9.47 Å². The van der Waals surface area contributed by atoms with Crippen LogP contribution in [0.4, 0.5) is 10.6 Å². The molecule has 0 saturated heterocycles. The Hall–Kier alpha value is -1.66. The van der Waals surface area contributed by atoms with Crippen LogP contribution in [-0.2, 0) is 9.47 Å². The quantitative estimate of drug-likeness (QED) is 0.576. The van der Waals surface area contributed by atoms with Crippen molar-refractivity contribution in [1.29, 1.82) is 0 Å². The Balaban J connectivity index is 2.21. The van der Waals surface area contributed by atoms with Crippen molar-refractivity contribution in [2.75, 3.05) is 32.4 Å². The van der Waals surface area contributed by atoms with Crippen LogP contribution in [0.1, 0.15) is 5.69 Å². The first-order chi connectivity index (χ1) is 8.22. The zero-order valence-corrected chi connectivity index (χ0v) is 10.0. The second kappa shape index (κ2) is 7.59. The highest BCUT2D eigenvalue weighted by Gasteiger charge is 2.01. The van der Waals surface area contributed by atoms with Crippen LogP contribution in [0.2, 0.25) is 0 Å². The minimum atomic E-state index is -0.347. The maximum atomic E-state index is 11.4. The van der Waals surface area contributed by atoms with Gasteiger partial charge in [0.05, 0.1) is 13.2 Å². The maximum Gasteiger partial charge on any atom is 0.322 e. The Morgan fingerprint density at radius 2 is 2.24 bits per heavy atom. The van der Waals surface area contributed by atoms with Gasteiger partial charge in [0.1, 0.15) is 12.5 Å². The molecule has 0 radical (unpaired) electrons. The molecule has 94 valence electrons. The SMILES string of the molecule is COCCOCNC(=O)Nc1cccc(C)n1. The van der Waals surface area contributed by atoms with E-state index in [9.17, 15) is 4.79 Å². The minimum absolute atomic E-state index is 0.140. The molecule has 0 bridgehead atoms. The summed E-state index contributed by atoms with van der Waals surface area (Å²) >= 11 is 0. The number of hydrogen-bond donors (Lipinski definition) is 2. The Morgan fingerprint density at radius 3 is 2.94 bits per heavy atom. The summed E-state index contributed by atoms with van der Waals surface area (Å²) in [5, 5.41) is 5.14. The molecule has 1 aromatic rings. The molecule has 0 aliphatic heterocycles. The van der Waals surface area contributed by atoms with Gasteiger partial charge in [-0.15, -0.1) is 0 Å². The summed E-state index contributed by atoms with van der Waals surface area (Å²) in [6.07, 6.45) is 0. The highest BCUT2D eigenvalue weighted by atomic mass is 16.5. The van der Waals surface area contributed by atoms with E-state index >= 15 is 0 Å². The first kappa shape index (κ1) is 13.4. The number of methoxy groups -OCH3 is 1. The predicted octanol–water partition coefficient (Wildman–Crippen LogP) is 1.13. The summed E-state index contributed by atoms with van der Waals surface area (Å²) in [5.74, 6) is 0.513. The van der Waals surface area contributed by atoms with Gasteiger partial charge in [-0.2, -0.15) is 0 Å². The van der Waals surface area contributed by atoms with Gasteiger partial charge in [-0.1, -0.05) is 6.07 Å². The van der Waals surface area contributed by atoms with Gasteiger partial charge < -0.3 is 14.8 Å². The molecule has 2 amide bonds. The molecule has 1 aromatic heterocycles. The number of carbonyl (C=O) groups is 1. The van der Waals surface area contributed by atoms with Crippen molar-refractivity contribution in [2.24, 2.45) is 0 Å². The molecule has 0 aromatic carbocycles. The highest BCUT2D eigenvalue weighted by molar-refractivity contribution is 5.88. The molecule has 0 spiro atoms. The lowest BCUT2D eigenvalue weighted by Gasteiger charge is -2.07. The molecule has 1 rings (SSSR count). The molecular weight excluding hydrogens is 222 g/mol. The summed E-state index contributed by atoms with van der Waals surface area (Å²) < 4.78 is 9.88.